The zero-order valence-electron chi connectivity index (χ0n) is 17.1. The number of benzene rings is 2. The molecule has 1 heterocycles. The van der Waals surface area contributed by atoms with E-state index in [2.05, 4.69) is 10.3 Å². The van der Waals surface area contributed by atoms with Crippen LogP contribution in [0.25, 0.3) is 5.69 Å². The zero-order valence-corrected chi connectivity index (χ0v) is 18.7. The summed E-state index contributed by atoms with van der Waals surface area (Å²) >= 11 is 6.15. The molecule has 0 aliphatic heterocycles. The fourth-order valence-electron chi connectivity index (χ4n) is 2.86. The van der Waals surface area contributed by atoms with Crippen molar-refractivity contribution in [3.05, 3.63) is 69.5 Å². The number of aryl methyl sites for hydroxylation is 1. The van der Waals surface area contributed by atoms with Gasteiger partial charge >= 0.3 is 12.4 Å². The summed E-state index contributed by atoms with van der Waals surface area (Å²) in [5, 5.41) is 7.52. The predicted octanol–water partition coefficient (Wildman–Crippen LogP) is 4.69. The quantitative estimate of drug-likeness (QED) is 0.498. The molecule has 3 aromatic rings. The monoisotopic (exact) mass is 526 g/mol. The fraction of sp³-hybridized carbons (Fsp3) is 0.211. The lowest BCUT2D eigenvalue weighted by Crippen LogP contribution is -2.32. The molecule has 1 N–H and O–H groups in total. The van der Waals surface area contributed by atoms with Gasteiger partial charge in [0, 0.05) is 0 Å². The summed E-state index contributed by atoms with van der Waals surface area (Å²) in [4.78, 5) is 11.1. The molecule has 0 radical (unpaired) electrons. The lowest BCUT2D eigenvalue weighted by molar-refractivity contribution is -0.143. The number of halogens is 7. The summed E-state index contributed by atoms with van der Waals surface area (Å²) in [5.41, 5.74) is -3.12. The van der Waals surface area contributed by atoms with Gasteiger partial charge in [0.1, 0.15) is 0 Å². The fourth-order valence-corrected chi connectivity index (χ4v) is 4.20. The first kappa shape index (κ1) is 25.5. The summed E-state index contributed by atoms with van der Waals surface area (Å²) in [6, 6.07) is 4.56. The van der Waals surface area contributed by atoms with Crippen LogP contribution < -0.4 is 4.72 Å². The summed E-state index contributed by atoms with van der Waals surface area (Å²) in [6.07, 6.45) is -10.6. The van der Waals surface area contributed by atoms with Crippen molar-refractivity contribution < 1.29 is 39.6 Å². The Morgan fingerprint density at radius 2 is 1.53 bits per heavy atom. The lowest BCUT2D eigenvalue weighted by atomic mass is 10.1. The number of sulfonamides is 1. The number of nitrogens with one attached hydrogen (secondary N) is 1. The van der Waals surface area contributed by atoms with Gasteiger partial charge in [-0.3, -0.25) is 4.79 Å². The number of carbonyl (C=O) groups excluding carboxylic acids is 1. The van der Waals surface area contributed by atoms with Crippen molar-refractivity contribution in [2.45, 2.75) is 31.1 Å². The Labute approximate surface area is 193 Å². The van der Waals surface area contributed by atoms with E-state index in [-0.39, 0.29) is 28.9 Å². The number of amides is 1. The number of nitrogens with zero attached hydrogens (tertiary/aromatic N) is 3. The Hall–Kier alpha value is -3.13. The summed E-state index contributed by atoms with van der Waals surface area (Å²) < 4.78 is 106. The number of hydrogen-bond donors (Lipinski definition) is 1. The van der Waals surface area contributed by atoms with Crippen LogP contribution in [0.5, 0.6) is 0 Å². The molecule has 1 amide bonds. The molecule has 0 atom stereocenters. The number of hydrogen-bond acceptors (Lipinski definition) is 5. The standard InChI is InChI=1S/C19H13ClF6N4O3S/c1-9-3-4-15(14(20)5-9)30-10(2)16(27-29-30)17(31)28-34(32,33)13-7-11(18(21,22)23)6-12(8-13)19(24,25)26/h3-8H,1-2H3,(H,28,31). The van der Waals surface area contributed by atoms with Crippen LogP contribution in [0.3, 0.4) is 0 Å². The van der Waals surface area contributed by atoms with Crippen LogP contribution in [0.1, 0.15) is 32.9 Å². The van der Waals surface area contributed by atoms with Gasteiger partial charge < -0.3 is 0 Å². The maximum absolute atomic E-state index is 13.0. The molecule has 0 bridgehead atoms. The van der Waals surface area contributed by atoms with Gasteiger partial charge in [-0.2, -0.15) is 26.3 Å². The number of alkyl halides is 6. The smallest absolute Gasteiger partial charge is 0.266 e. The molecule has 182 valence electrons. The van der Waals surface area contributed by atoms with Gasteiger partial charge in [0.05, 0.1) is 32.4 Å². The van der Waals surface area contributed by atoms with E-state index < -0.39 is 50.0 Å². The third-order valence-corrected chi connectivity index (χ3v) is 6.15. The van der Waals surface area contributed by atoms with E-state index in [4.69, 9.17) is 11.6 Å². The van der Waals surface area contributed by atoms with Crippen LogP contribution in [-0.2, 0) is 22.4 Å². The number of rotatable bonds is 4. The average molecular weight is 527 g/mol. The molecule has 15 heteroatoms. The van der Waals surface area contributed by atoms with Crippen LogP contribution in [-0.4, -0.2) is 29.3 Å². The topological polar surface area (TPSA) is 93.9 Å². The molecule has 3 rings (SSSR count). The third-order valence-electron chi connectivity index (χ3n) is 4.54. The highest BCUT2D eigenvalue weighted by atomic mass is 35.5. The molecule has 0 spiro atoms. The molecule has 2 aromatic carbocycles. The molecular weight excluding hydrogens is 514 g/mol. The van der Waals surface area contributed by atoms with Crippen molar-refractivity contribution in [3.63, 3.8) is 0 Å². The van der Waals surface area contributed by atoms with Crippen molar-refractivity contribution in [1.29, 1.82) is 0 Å². The van der Waals surface area contributed by atoms with Gasteiger partial charge in [0.2, 0.25) is 0 Å². The molecule has 0 saturated carbocycles. The van der Waals surface area contributed by atoms with Crippen LogP contribution >= 0.6 is 11.6 Å². The van der Waals surface area contributed by atoms with Gasteiger partial charge in [-0.25, -0.2) is 17.8 Å². The second-order valence-corrected chi connectivity index (χ2v) is 9.16. The molecule has 0 fully saturated rings. The Morgan fingerprint density at radius 3 is 2.03 bits per heavy atom. The first-order chi connectivity index (χ1) is 15.5. The van der Waals surface area contributed by atoms with E-state index in [0.717, 1.165) is 10.2 Å². The van der Waals surface area contributed by atoms with Gasteiger partial charge in [0.25, 0.3) is 15.9 Å². The predicted molar refractivity (Wildman–Crippen MR) is 107 cm³/mol. The Bertz CT molecular complexity index is 1350. The van der Waals surface area contributed by atoms with Gasteiger partial charge in [-0.05, 0) is 49.7 Å². The molecule has 0 aliphatic carbocycles. The van der Waals surface area contributed by atoms with E-state index in [1.165, 1.54) is 11.6 Å². The first-order valence-electron chi connectivity index (χ1n) is 9.06. The normalized spacial score (nSPS) is 12.6. The van der Waals surface area contributed by atoms with Crippen molar-refractivity contribution in [2.75, 3.05) is 0 Å². The molecule has 34 heavy (non-hydrogen) atoms. The van der Waals surface area contributed by atoms with Crippen molar-refractivity contribution in [1.82, 2.24) is 19.7 Å². The van der Waals surface area contributed by atoms with Gasteiger partial charge in [-0.15, -0.1) is 5.10 Å². The van der Waals surface area contributed by atoms with Crippen molar-refractivity contribution >= 4 is 27.5 Å². The Kier molecular flexibility index (Phi) is 6.43. The van der Waals surface area contributed by atoms with Crippen molar-refractivity contribution in [2.24, 2.45) is 0 Å². The zero-order chi connectivity index (χ0) is 25.6. The van der Waals surface area contributed by atoms with E-state index in [9.17, 15) is 39.6 Å². The molecular formula is C19H13ClF6N4O3S. The molecule has 7 nitrogen and oxygen atoms in total. The molecule has 0 unspecified atom stereocenters. The molecule has 0 saturated heterocycles. The average Bonchev–Trinajstić information content (AvgIpc) is 3.07. The third kappa shape index (κ3) is 5.17. The largest absolute Gasteiger partial charge is 0.416 e. The van der Waals surface area contributed by atoms with Crippen molar-refractivity contribution in [3.8, 4) is 5.69 Å². The van der Waals surface area contributed by atoms with Gasteiger partial charge in [-0.1, -0.05) is 22.9 Å². The first-order valence-corrected chi connectivity index (χ1v) is 10.9. The lowest BCUT2D eigenvalue weighted by Gasteiger charge is -2.14. The second kappa shape index (κ2) is 8.58. The van der Waals surface area contributed by atoms with E-state index in [1.54, 1.807) is 25.1 Å². The van der Waals surface area contributed by atoms with Gasteiger partial charge in [0.15, 0.2) is 5.69 Å². The molecule has 1 aromatic heterocycles. The number of carbonyl (C=O) groups is 1. The van der Waals surface area contributed by atoms with E-state index in [1.807, 2.05) is 0 Å². The van der Waals surface area contributed by atoms with Crippen LogP contribution in [0.2, 0.25) is 5.02 Å². The Morgan fingerprint density at radius 1 is 0.971 bits per heavy atom. The SMILES string of the molecule is Cc1ccc(-n2nnc(C(=O)NS(=O)(=O)c3cc(C(F)(F)F)cc(C(F)(F)F)c3)c2C)c(Cl)c1. The van der Waals surface area contributed by atoms with Crippen LogP contribution in [0.4, 0.5) is 26.3 Å². The maximum Gasteiger partial charge on any atom is 0.416 e. The van der Waals surface area contributed by atoms with Crippen LogP contribution in [0.15, 0.2) is 41.3 Å². The Balaban J connectivity index is 1.99. The highest BCUT2D eigenvalue weighted by molar-refractivity contribution is 7.90. The minimum atomic E-state index is -5.28. The highest BCUT2D eigenvalue weighted by Crippen LogP contribution is 2.37. The van der Waals surface area contributed by atoms with Crippen LogP contribution in [0, 0.1) is 13.8 Å². The summed E-state index contributed by atoms with van der Waals surface area (Å²) in [6.45, 7) is 3.11. The second-order valence-electron chi connectivity index (χ2n) is 7.07. The number of aromatic nitrogens is 3. The maximum atomic E-state index is 13.0. The van der Waals surface area contributed by atoms with E-state index >= 15 is 0 Å². The highest BCUT2D eigenvalue weighted by Gasteiger charge is 2.38. The minimum Gasteiger partial charge on any atom is -0.266 e. The minimum absolute atomic E-state index is 0.0125. The summed E-state index contributed by atoms with van der Waals surface area (Å²) in [5.74, 6) is -1.42. The van der Waals surface area contributed by atoms with E-state index in [0.29, 0.717) is 5.69 Å². The molecule has 0 aliphatic rings. The summed E-state index contributed by atoms with van der Waals surface area (Å²) in [7, 11) is -5.16.